The van der Waals surface area contributed by atoms with E-state index in [1.54, 1.807) is 32.6 Å². The summed E-state index contributed by atoms with van der Waals surface area (Å²) >= 11 is 0. The van der Waals surface area contributed by atoms with Crippen molar-refractivity contribution in [2.45, 2.75) is 104 Å². The highest BCUT2D eigenvalue weighted by Crippen LogP contribution is 2.36. The zero-order valence-electron chi connectivity index (χ0n) is 21.3. The van der Waals surface area contributed by atoms with Crippen molar-refractivity contribution >= 4 is 17.9 Å². The van der Waals surface area contributed by atoms with Gasteiger partial charge in [0.2, 0.25) is 11.8 Å². The molecule has 1 aromatic carbocycles. The van der Waals surface area contributed by atoms with E-state index in [2.05, 4.69) is 17.6 Å². The minimum Gasteiger partial charge on any atom is -0.444 e. The van der Waals surface area contributed by atoms with Gasteiger partial charge in [0.1, 0.15) is 17.7 Å². The molecule has 2 N–H and O–H groups in total. The van der Waals surface area contributed by atoms with E-state index in [1.165, 1.54) is 0 Å². The van der Waals surface area contributed by atoms with Crippen molar-refractivity contribution in [2.75, 3.05) is 6.54 Å². The molecule has 0 radical (unpaired) electrons. The van der Waals surface area contributed by atoms with E-state index in [0.717, 1.165) is 48.8 Å². The number of ether oxygens (including phenoxy) is 1. The summed E-state index contributed by atoms with van der Waals surface area (Å²) in [6, 6.07) is 4.30. The molecule has 0 heterocycles. The molecule has 184 valence electrons. The summed E-state index contributed by atoms with van der Waals surface area (Å²) in [7, 11) is 0. The highest BCUT2D eigenvalue weighted by Gasteiger charge is 2.41. The molecule has 7 heteroatoms. The molecule has 1 saturated carbocycles. The molecular formula is C26H41N3O4. The van der Waals surface area contributed by atoms with Gasteiger partial charge >= 0.3 is 6.09 Å². The van der Waals surface area contributed by atoms with Crippen LogP contribution >= 0.6 is 0 Å². The molecule has 2 rings (SSSR count). The molecule has 2 atom stereocenters. The van der Waals surface area contributed by atoms with Gasteiger partial charge in [0, 0.05) is 12.6 Å². The molecule has 2 unspecified atom stereocenters. The lowest BCUT2D eigenvalue weighted by Crippen LogP contribution is -2.57. The zero-order chi connectivity index (χ0) is 24.8. The van der Waals surface area contributed by atoms with Crippen molar-refractivity contribution in [3.63, 3.8) is 0 Å². The highest BCUT2D eigenvalue weighted by atomic mass is 16.6. The number of aryl methyl sites for hydroxylation is 2. The van der Waals surface area contributed by atoms with Gasteiger partial charge in [-0.3, -0.25) is 9.59 Å². The van der Waals surface area contributed by atoms with Crippen molar-refractivity contribution in [1.29, 1.82) is 0 Å². The second-order valence-corrected chi connectivity index (χ2v) is 10.1. The predicted octanol–water partition coefficient (Wildman–Crippen LogP) is 4.56. The second-order valence-electron chi connectivity index (χ2n) is 10.1. The minimum atomic E-state index is -0.823. The van der Waals surface area contributed by atoms with Crippen LogP contribution in [0.5, 0.6) is 0 Å². The van der Waals surface area contributed by atoms with Crippen LogP contribution in [0.15, 0.2) is 18.2 Å². The maximum absolute atomic E-state index is 13.7. The first-order valence-corrected chi connectivity index (χ1v) is 12.1. The van der Waals surface area contributed by atoms with Crippen LogP contribution in [-0.4, -0.2) is 47.0 Å². The fourth-order valence-electron chi connectivity index (χ4n) is 4.09. The lowest BCUT2D eigenvalue weighted by atomic mass is 9.86. The van der Waals surface area contributed by atoms with E-state index in [0.29, 0.717) is 6.54 Å². The number of nitrogens with zero attached hydrogens (tertiary/aromatic N) is 1. The topological polar surface area (TPSA) is 87.7 Å². The third kappa shape index (κ3) is 7.21. The number of carbonyl (C=O) groups is 3. The van der Waals surface area contributed by atoms with Crippen LogP contribution < -0.4 is 10.6 Å². The third-order valence-electron chi connectivity index (χ3n) is 6.00. The van der Waals surface area contributed by atoms with Crippen molar-refractivity contribution in [3.8, 4) is 0 Å². The first-order chi connectivity index (χ1) is 15.5. The lowest BCUT2D eigenvalue weighted by Gasteiger charge is -2.44. The Morgan fingerprint density at radius 3 is 2.24 bits per heavy atom. The average Bonchev–Trinajstić information content (AvgIpc) is 2.66. The van der Waals surface area contributed by atoms with Gasteiger partial charge in [0.25, 0.3) is 0 Å². The molecule has 1 aliphatic carbocycles. The third-order valence-corrected chi connectivity index (χ3v) is 6.00. The fourth-order valence-corrected chi connectivity index (χ4v) is 4.09. The molecule has 33 heavy (non-hydrogen) atoms. The van der Waals surface area contributed by atoms with Gasteiger partial charge in [0.15, 0.2) is 0 Å². The van der Waals surface area contributed by atoms with Crippen LogP contribution in [0, 0.1) is 13.8 Å². The van der Waals surface area contributed by atoms with Gasteiger partial charge in [-0.1, -0.05) is 31.5 Å². The first kappa shape index (κ1) is 26.7. The normalized spacial score (nSPS) is 15.7. The summed E-state index contributed by atoms with van der Waals surface area (Å²) < 4.78 is 5.34. The Bertz CT molecular complexity index is 822. The summed E-state index contributed by atoms with van der Waals surface area (Å²) in [4.78, 5) is 41.3. The summed E-state index contributed by atoms with van der Waals surface area (Å²) in [6.07, 6.45) is 3.89. The number of carbonyl (C=O) groups excluding carboxylic acids is 3. The van der Waals surface area contributed by atoms with Crippen LogP contribution in [0.4, 0.5) is 4.79 Å². The van der Waals surface area contributed by atoms with Crippen molar-refractivity contribution in [3.05, 3.63) is 34.9 Å². The summed E-state index contributed by atoms with van der Waals surface area (Å²) in [5.41, 5.74) is 2.13. The van der Waals surface area contributed by atoms with E-state index in [9.17, 15) is 14.4 Å². The number of amides is 3. The second kappa shape index (κ2) is 11.5. The summed E-state index contributed by atoms with van der Waals surface area (Å²) in [5.74, 6) is -0.450. The van der Waals surface area contributed by atoms with Crippen LogP contribution in [0.3, 0.4) is 0 Å². The van der Waals surface area contributed by atoms with Gasteiger partial charge in [-0.25, -0.2) is 4.79 Å². The average molecular weight is 460 g/mol. The van der Waals surface area contributed by atoms with Gasteiger partial charge in [-0.05, 0) is 83.9 Å². The largest absolute Gasteiger partial charge is 0.444 e. The Balaban J connectivity index is 2.40. The maximum Gasteiger partial charge on any atom is 0.408 e. The van der Waals surface area contributed by atoms with Crippen LogP contribution in [0.2, 0.25) is 0 Å². The number of benzene rings is 1. The Hall–Kier alpha value is -2.57. The predicted molar refractivity (Wildman–Crippen MR) is 130 cm³/mol. The fraction of sp³-hybridized carbons (Fsp3) is 0.654. The molecule has 3 amide bonds. The van der Waals surface area contributed by atoms with Crippen molar-refractivity contribution in [1.82, 2.24) is 15.5 Å². The van der Waals surface area contributed by atoms with E-state index in [4.69, 9.17) is 4.74 Å². The van der Waals surface area contributed by atoms with Gasteiger partial charge in [0.05, 0.1) is 0 Å². The smallest absolute Gasteiger partial charge is 0.408 e. The quantitative estimate of drug-likeness (QED) is 0.530. The number of rotatable bonds is 9. The molecule has 0 saturated heterocycles. The molecule has 7 nitrogen and oxygen atoms in total. The molecule has 1 fully saturated rings. The highest BCUT2D eigenvalue weighted by molar-refractivity contribution is 5.92. The Morgan fingerprint density at radius 2 is 1.76 bits per heavy atom. The van der Waals surface area contributed by atoms with E-state index in [1.807, 2.05) is 32.0 Å². The maximum atomic E-state index is 13.7. The Labute approximate surface area is 198 Å². The van der Waals surface area contributed by atoms with E-state index >= 15 is 0 Å². The van der Waals surface area contributed by atoms with Gasteiger partial charge in [-0.2, -0.15) is 0 Å². The summed E-state index contributed by atoms with van der Waals surface area (Å²) in [6.45, 7) is 13.6. The standard InChI is InChI=1S/C26H41N3O4/c1-8-9-16-27-23(30)22(21-17(2)12-10-13-18(21)3)29(20-14-11-15-20)24(31)19(4)28-25(32)33-26(5,6)7/h10,12-13,19-20,22H,8-9,11,14-16H2,1-7H3,(H,27,30)(H,28,32). The summed E-state index contributed by atoms with van der Waals surface area (Å²) in [5, 5.41) is 5.70. The van der Waals surface area contributed by atoms with Gasteiger partial charge in [-0.15, -0.1) is 0 Å². The van der Waals surface area contributed by atoms with Crippen LogP contribution in [0.1, 0.15) is 89.5 Å². The molecule has 0 aromatic heterocycles. The van der Waals surface area contributed by atoms with Crippen molar-refractivity contribution in [2.24, 2.45) is 0 Å². The lowest BCUT2D eigenvalue weighted by molar-refractivity contribution is -0.147. The number of alkyl carbamates (subject to hydrolysis) is 1. The zero-order valence-corrected chi connectivity index (χ0v) is 21.3. The molecule has 1 aliphatic rings. The van der Waals surface area contributed by atoms with E-state index < -0.39 is 23.8 Å². The van der Waals surface area contributed by atoms with E-state index in [-0.39, 0.29) is 17.9 Å². The molecule has 1 aromatic rings. The monoisotopic (exact) mass is 459 g/mol. The first-order valence-electron chi connectivity index (χ1n) is 12.1. The minimum absolute atomic E-state index is 0.0404. The molecule has 0 spiro atoms. The number of nitrogens with one attached hydrogen (secondary N) is 2. The molecular weight excluding hydrogens is 418 g/mol. The Kier molecular flexibility index (Phi) is 9.32. The Morgan fingerprint density at radius 1 is 1.15 bits per heavy atom. The molecule has 0 aliphatic heterocycles. The number of hydrogen-bond acceptors (Lipinski definition) is 4. The van der Waals surface area contributed by atoms with Crippen molar-refractivity contribution < 1.29 is 19.1 Å². The number of unbranched alkanes of at least 4 members (excludes halogenated alkanes) is 1. The van der Waals surface area contributed by atoms with Crippen LogP contribution in [0.25, 0.3) is 0 Å². The SMILES string of the molecule is CCCCNC(=O)C(c1c(C)cccc1C)N(C(=O)C(C)NC(=O)OC(C)(C)C)C1CCC1. The molecule has 0 bridgehead atoms. The number of hydrogen-bond donors (Lipinski definition) is 2. The van der Waals surface area contributed by atoms with Gasteiger partial charge < -0.3 is 20.3 Å². The van der Waals surface area contributed by atoms with Crippen LogP contribution in [-0.2, 0) is 14.3 Å².